The Balaban J connectivity index is 1.73. The molecule has 1 aliphatic heterocycles. The van der Waals surface area contributed by atoms with E-state index in [1.807, 2.05) is 18.2 Å². The van der Waals surface area contributed by atoms with Crippen molar-refractivity contribution in [1.29, 1.82) is 0 Å². The average Bonchev–Trinajstić information content (AvgIpc) is 2.87. The Labute approximate surface area is 125 Å². The van der Waals surface area contributed by atoms with E-state index in [4.69, 9.17) is 15.2 Å². The molecule has 1 heterocycles. The molecule has 0 amide bonds. The molecule has 110 valence electrons. The molecule has 0 saturated carbocycles. The number of hydrogen-bond acceptors (Lipinski definition) is 3. The van der Waals surface area contributed by atoms with Gasteiger partial charge in [-0.1, -0.05) is 24.3 Å². The lowest BCUT2D eigenvalue weighted by Gasteiger charge is -2.13. The number of rotatable bonds is 4. The van der Waals surface area contributed by atoms with Gasteiger partial charge in [-0.05, 0) is 48.2 Å². The number of fused-ring (bicyclic) bond motifs is 1. The highest BCUT2D eigenvalue weighted by Crippen LogP contribution is 2.31. The minimum atomic E-state index is -0.000369. The van der Waals surface area contributed by atoms with Crippen molar-refractivity contribution in [2.75, 3.05) is 7.11 Å². The van der Waals surface area contributed by atoms with Crippen LogP contribution in [0.4, 0.5) is 0 Å². The van der Waals surface area contributed by atoms with Crippen molar-refractivity contribution in [2.45, 2.75) is 31.9 Å². The lowest BCUT2D eigenvalue weighted by Crippen LogP contribution is -2.13. The molecule has 1 aliphatic rings. The zero-order valence-corrected chi connectivity index (χ0v) is 12.5. The van der Waals surface area contributed by atoms with Crippen LogP contribution in [0, 0.1) is 0 Å². The van der Waals surface area contributed by atoms with Crippen LogP contribution in [0.15, 0.2) is 42.5 Å². The van der Waals surface area contributed by atoms with Crippen LogP contribution in [-0.2, 0) is 12.8 Å². The van der Waals surface area contributed by atoms with Crippen molar-refractivity contribution < 1.29 is 9.47 Å². The van der Waals surface area contributed by atoms with Crippen LogP contribution in [0.5, 0.6) is 11.5 Å². The predicted octanol–water partition coefficient (Wildman–Crippen LogP) is 3.26. The van der Waals surface area contributed by atoms with Gasteiger partial charge in [0.15, 0.2) is 0 Å². The van der Waals surface area contributed by atoms with E-state index in [2.05, 4.69) is 31.2 Å². The summed E-state index contributed by atoms with van der Waals surface area (Å²) in [6, 6.07) is 14.4. The molecule has 3 nitrogen and oxygen atoms in total. The fourth-order valence-electron chi connectivity index (χ4n) is 2.81. The van der Waals surface area contributed by atoms with E-state index in [9.17, 15) is 0 Å². The molecule has 3 rings (SSSR count). The van der Waals surface area contributed by atoms with Gasteiger partial charge >= 0.3 is 0 Å². The van der Waals surface area contributed by atoms with E-state index >= 15 is 0 Å². The van der Waals surface area contributed by atoms with Gasteiger partial charge in [-0.3, -0.25) is 0 Å². The molecular weight excluding hydrogens is 262 g/mol. The maximum Gasteiger partial charge on any atom is 0.123 e. The summed E-state index contributed by atoms with van der Waals surface area (Å²) in [6.07, 6.45) is 2.06. The Morgan fingerprint density at radius 2 is 2.00 bits per heavy atom. The molecule has 0 saturated heterocycles. The van der Waals surface area contributed by atoms with Crippen molar-refractivity contribution in [3.8, 4) is 11.5 Å². The first-order valence-corrected chi connectivity index (χ1v) is 7.33. The smallest absolute Gasteiger partial charge is 0.123 e. The number of methoxy groups -OCH3 is 1. The first-order valence-electron chi connectivity index (χ1n) is 7.33. The Bertz CT molecular complexity index is 622. The summed E-state index contributed by atoms with van der Waals surface area (Å²) in [4.78, 5) is 0. The summed E-state index contributed by atoms with van der Waals surface area (Å²) in [6.45, 7) is 2.09. The minimum absolute atomic E-state index is 0.000369. The third-order valence-corrected chi connectivity index (χ3v) is 3.96. The molecule has 0 aliphatic carbocycles. The number of benzene rings is 2. The molecule has 3 heteroatoms. The first-order chi connectivity index (χ1) is 10.2. The molecule has 0 bridgehead atoms. The van der Waals surface area contributed by atoms with Crippen molar-refractivity contribution in [2.24, 2.45) is 5.73 Å². The quantitative estimate of drug-likeness (QED) is 0.936. The molecule has 2 unspecified atom stereocenters. The second kappa shape index (κ2) is 5.78. The lowest BCUT2D eigenvalue weighted by molar-refractivity contribution is 0.254. The highest BCUT2D eigenvalue weighted by molar-refractivity contribution is 5.42. The second-order valence-electron chi connectivity index (χ2n) is 5.66. The van der Waals surface area contributed by atoms with Crippen LogP contribution in [-0.4, -0.2) is 13.2 Å². The maximum absolute atomic E-state index is 6.35. The highest BCUT2D eigenvalue weighted by atomic mass is 16.5. The van der Waals surface area contributed by atoms with Crippen LogP contribution in [0.3, 0.4) is 0 Å². The van der Waals surface area contributed by atoms with Crippen molar-refractivity contribution in [3.05, 3.63) is 59.2 Å². The summed E-state index contributed by atoms with van der Waals surface area (Å²) >= 11 is 0. The van der Waals surface area contributed by atoms with Crippen LogP contribution in [0.2, 0.25) is 0 Å². The second-order valence-corrected chi connectivity index (χ2v) is 5.66. The van der Waals surface area contributed by atoms with E-state index in [1.165, 1.54) is 16.7 Å². The van der Waals surface area contributed by atoms with Crippen molar-refractivity contribution in [3.63, 3.8) is 0 Å². The maximum atomic E-state index is 6.35. The SMILES string of the molecule is COc1ccc(CC(N)c2ccc3c(c2)CC(C)O3)cc1. The predicted molar refractivity (Wildman–Crippen MR) is 83.9 cm³/mol. The Hall–Kier alpha value is -2.00. The minimum Gasteiger partial charge on any atom is -0.497 e. The molecule has 0 spiro atoms. The van der Waals surface area contributed by atoms with Crippen LogP contribution in [0.25, 0.3) is 0 Å². The number of nitrogens with two attached hydrogens (primary N) is 1. The summed E-state index contributed by atoms with van der Waals surface area (Å²) < 4.78 is 10.9. The summed E-state index contributed by atoms with van der Waals surface area (Å²) in [7, 11) is 1.67. The normalized spacial score (nSPS) is 18.0. The highest BCUT2D eigenvalue weighted by Gasteiger charge is 2.20. The van der Waals surface area contributed by atoms with Crippen LogP contribution < -0.4 is 15.2 Å². The lowest BCUT2D eigenvalue weighted by atomic mass is 9.97. The number of hydrogen-bond donors (Lipinski definition) is 1. The van der Waals surface area contributed by atoms with E-state index in [1.54, 1.807) is 7.11 Å². The summed E-state index contributed by atoms with van der Waals surface area (Å²) in [5.41, 5.74) is 10.0. The molecule has 0 radical (unpaired) electrons. The van der Waals surface area contributed by atoms with E-state index < -0.39 is 0 Å². The Kier molecular flexibility index (Phi) is 3.84. The molecule has 2 aromatic carbocycles. The summed E-state index contributed by atoms with van der Waals surface area (Å²) in [5.74, 6) is 1.87. The molecule has 0 aromatic heterocycles. The van der Waals surface area contributed by atoms with Gasteiger partial charge in [0.2, 0.25) is 0 Å². The molecular formula is C18H21NO2. The Morgan fingerprint density at radius 1 is 1.24 bits per heavy atom. The zero-order chi connectivity index (χ0) is 14.8. The Morgan fingerprint density at radius 3 is 2.71 bits per heavy atom. The van der Waals surface area contributed by atoms with Crippen LogP contribution >= 0.6 is 0 Å². The molecule has 2 atom stereocenters. The van der Waals surface area contributed by atoms with Gasteiger partial charge in [-0.25, -0.2) is 0 Å². The molecule has 21 heavy (non-hydrogen) atoms. The number of ether oxygens (including phenoxy) is 2. The fraction of sp³-hybridized carbons (Fsp3) is 0.333. The standard InChI is InChI=1S/C18H21NO2/c1-12-9-15-11-14(5-8-18(15)21-12)17(19)10-13-3-6-16(20-2)7-4-13/h3-8,11-12,17H,9-10,19H2,1-2H3. The molecule has 2 N–H and O–H groups in total. The topological polar surface area (TPSA) is 44.5 Å². The molecule has 0 fully saturated rings. The van der Waals surface area contributed by atoms with E-state index in [-0.39, 0.29) is 12.1 Å². The summed E-state index contributed by atoms with van der Waals surface area (Å²) in [5, 5.41) is 0. The van der Waals surface area contributed by atoms with Crippen molar-refractivity contribution in [1.82, 2.24) is 0 Å². The van der Waals surface area contributed by atoms with Gasteiger partial charge in [0, 0.05) is 12.5 Å². The fourth-order valence-corrected chi connectivity index (χ4v) is 2.81. The van der Waals surface area contributed by atoms with E-state index in [0.717, 1.165) is 24.3 Å². The van der Waals surface area contributed by atoms with Crippen molar-refractivity contribution >= 4 is 0 Å². The largest absolute Gasteiger partial charge is 0.497 e. The molecule has 2 aromatic rings. The van der Waals surface area contributed by atoms with Gasteiger partial charge in [-0.15, -0.1) is 0 Å². The van der Waals surface area contributed by atoms with Gasteiger partial charge in [-0.2, -0.15) is 0 Å². The third-order valence-electron chi connectivity index (χ3n) is 3.96. The van der Waals surface area contributed by atoms with Gasteiger partial charge in [0.1, 0.15) is 17.6 Å². The zero-order valence-electron chi connectivity index (χ0n) is 12.5. The monoisotopic (exact) mass is 283 g/mol. The first kappa shape index (κ1) is 14.0. The third kappa shape index (κ3) is 3.03. The van der Waals surface area contributed by atoms with Gasteiger partial charge < -0.3 is 15.2 Å². The van der Waals surface area contributed by atoms with E-state index in [0.29, 0.717) is 0 Å². The van der Waals surface area contributed by atoms with Crippen LogP contribution in [0.1, 0.15) is 29.7 Å². The van der Waals surface area contributed by atoms with Gasteiger partial charge in [0.25, 0.3) is 0 Å². The van der Waals surface area contributed by atoms with Gasteiger partial charge in [0.05, 0.1) is 7.11 Å². The average molecular weight is 283 g/mol.